The van der Waals surface area contributed by atoms with E-state index in [-0.39, 0.29) is 10.7 Å². The van der Waals surface area contributed by atoms with E-state index in [4.69, 9.17) is 4.74 Å². The molecule has 1 heterocycles. The van der Waals surface area contributed by atoms with Crippen molar-refractivity contribution in [2.24, 2.45) is 0 Å². The summed E-state index contributed by atoms with van der Waals surface area (Å²) in [6.45, 7) is 1.78. The Hall–Kier alpha value is -1.54. The minimum Gasteiger partial charge on any atom is -0.497 e. The van der Waals surface area contributed by atoms with Gasteiger partial charge in [-0.2, -0.15) is 5.10 Å². The van der Waals surface area contributed by atoms with Crippen LogP contribution in [0.5, 0.6) is 5.75 Å². The maximum atomic E-state index is 12.1. The zero-order valence-corrected chi connectivity index (χ0v) is 12.7. The van der Waals surface area contributed by atoms with Crippen molar-refractivity contribution in [3.8, 4) is 5.75 Å². The predicted molar refractivity (Wildman–Crippen MR) is 74.8 cm³/mol. The molecule has 0 spiro atoms. The minimum atomic E-state index is -3.67. The largest absolute Gasteiger partial charge is 0.497 e. The zero-order chi connectivity index (χ0) is 14.0. The standard InChI is InChI=1S/C11H12BrN3O3S/c1-7-10(12)11(14-13-7)15-19(16,17)9-5-3-8(18-2)4-6-9/h3-6H,1-2H3,(H2,13,14,15). The number of anilines is 1. The smallest absolute Gasteiger partial charge is 0.263 e. The molecule has 102 valence electrons. The fourth-order valence-electron chi connectivity index (χ4n) is 1.42. The van der Waals surface area contributed by atoms with Gasteiger partial charge in [-0.05, 0) is 47.1 Å². The Morgan fingerprint density at radius 2 is 1.95 bits per heavy atom. The van der Waals surface area contributed by atoms with Crippen LogP contribution < -0.4 is 9.46 Å². The Kier molecular flexibility index (Phi) is 3.81. The second-order valence-electron chi connectivity index (χ2n) is 3.79. The van der Waals surface area contributed by atoms with E-state index in [0.29, 0.717) is 10.2 Å². The summed E-state index contributed by atoms with van der Waals surface area (Å²) in [6.07, 6.45) is 0. The first-order valence-corrected chi connectivity index (χ1v) is 7.59. The molecule has 6 nitrogen and oxygen atoms in total. The number of sulfonamides is 1. The molecule has 0 saturated heterocycles. The molecule has 2 aromatic rings. The zero-order valence-electron chi connectivity index (χ0n) is 10.3. The Bertz CT molecular complexity index is 680. The SMILES string of the molecule is COc1ccc(S(=O)(=O)Nc2n[nH]c(C)c2Br)cc1. The summed E-state index contributed by atoms with van der Waals surface area (Å²) in [5, 5.41) is 6.56. The molecule has 0 amide bonds. The summed E-state index contributed by atoms with van der Waals surface area (Å²) < 4.78 is 32.2. The number of aromatic nitrogens is 2. The van der Waals surface area contributed by atoms with Gasteiger partial charge < -0.3 is 4.74 Å². The normalized spacial score (nSPS) is 11.3. The molecular formula is C11H12BrN3O3S. The van der Waals surface area contributed by atoms with Gasteiger partial charge in [0.25, 0.3) is 10.0 Å². The molecule has 0 atom stereocenters. The van der Waals surface area contributed by atoms with Crippen molar-refractivity contribution in [2.45, 2.75) is 11.8 Å². The number of aryl methyl sites for hydroxylation is 1. The maximum Gasteiger partial charge on any atom is 0.263 e. The molecule has 2 rings (SSSR count). The van der Waals surface area contributed by atoms with E-state index >= 15 is 0 Å². The van der Waals surface area contributed by atoms with Gasteiger partial charge in [-0.3, -0.25) is 9.82 Å². The number of aromatic amines is 1. The summed E-state index contributed by atoms with van der Waals surface area (Å²) in [6, 6.07) is 6.10. The number of rotatable bonds is 4. The van der Waals surface area contributed by atoms with Crippen LogP contribution in [0.4, 0.5) is 5.82 Å². The maximum absolute atomic E-state index is 12.1. The number of nitrogens with one attached hydrogen (secondary N) is 2. The molecule has 1 aromatic carbocycles. The van der Waals surface area contributed by atoms with Crippen molar-refractivity contribution in [1.29, 1.82) is 0 Å². The average molecular weight is 346 g/mol. The fraction of sp³-hybridized carbons (Fsp3) is 0.182. The number of hydrogen-bond donors (Lipinski definition) is 2. The van der Waals surface area contributed by atoms with E-state index in [1.807, 2.05) is 0 Å². The van der Waals surface area contributed by atoms with Gasteiger partial charge in [-0.15, -0.1) is 0 Å². The highest BCUT2D eigenvalue weighted by Crippen LogP contribution is 2.25. The van der Waals surface area contributed by atoms with Crippen LogP contribution in [0.1, 0.15) is 5.69 Å². The van der Waals surface area contributed by atoms with Crippen LogP contribution in [0, 0.1) is 6.92 Å². The van der Waals surface area contributed by atoms with Gasteiger partial charge >= 0.3 is 0 Å². The van der Waals surface area contributed by atoms with Gasteiger partial charge in [-0.25, -0.2) is 8.42 Å². The first kappa shape index (κ1) is 13.9. The van der Waals surface area contributed by atoms with Gasteiger partial charge in [-0.1, -0.05) is 0 Å². The number of hydrogen-bond acceptors (Lipinski definition) is 4. The van der Waals surface area contributed by atoms with Gasteiger partial charge in [0.05, 0.1) is 16.5 Å². The third-order valence-electron chi connectivity index (χ3n) is 2.47. The molecular weight excluding hydrogens is 334 g/mol. The number of H-pyrrole nitrogens is 1. The minimum absolute atomic E-state index is 0.140. The van der Waals surface area contributed by atoms with Crippen molar-refractivity contribution in [1.82, 2.24) is 10.2 Å². The molecule has 1 aromatic heterocycles. The molecule has 0 unspecified atom stereocenters. The van der Waals surface area contributed by atoms with Crippen LogP contribution in [0.25, 0.3) is 0 Å². The highest BCUT2D eigenvalue weighted by Gasteiger charge is 2.18. The van der Waals surface area contributed by atoms with Crippen LogP contribution in [-0.2, 0) is 10.0 Å². The van der Waals surface area contributed by atoms with Crippen molar-refractivity contribution < 1.29 is 13.2 Å². The predicted octanol–water partition coefficient (Wildman–Crippen LogP) is 2.29. The van der Waals surface area contributed by atoms with E-state index in [0.717, 1.165) is 5.69 Å². The van der Waals surface area contributed by atoms with E-state index < -0.39 is 10.0 Å². The summed E-state index contributed by atoms with van der Waals surface area (Å²) in [7, 11) is -2.15. The van der Waals surface area contributed by atoms with E-state index in [9.17, 15) is 8.42 Å². The number of nitrogens with zero attached hydrogens (tertiary/aromatic N) is 1. The molecule has 2 N–H and O–H groups in total. The van der Waals surface area contributed by atoms with Gasteiger partial charge in [0.2, 0.25) is 0 Å². The molecule has 0 aliphatic rings. The molecule has 0 bridgehead atoms. The average Bonchev–Trinajstić information content (AvgIpc) is 2.70. The Balaban J connectivity index is 2.29. The first-order chi connectivity index (χ1) is 8.94. The van der Waals surface area contributed by atoms with Crippen LogP contribution in [0.3, 0.4) is 0 Å². The second-order valence-corrected chi connectivity index (χ2v) is 6.27. The summed E-state index contributed by atoms with van der Waals surface area (Å²) in [4.78, 5) is 0.140. The molecule has 0 aliphatic carbocycles. The molecule has 0 saturated carbocycles. The highest BCUT2D eigenvalue weighted by atomic mass is 79.9. The second kappa shape index (κ2) is 5.22. The molecule has 0 radical (unpaired) electrons. The third-order valence-corrected chi connectivity index (χ3v) is 4.80. The molecule has 19 heavy (non-hydrogen) atoms. The van der Waals surface area contributed by atoms with E-state index in [2.05, 4.69) is 30.8 Å². The van der Waals surface area contributed by atoms with Crippen molar-refractivity contribution in [2.75, 3.05) is 11.8 Å². The lowest BCUT2D eigenvalue weighted by molar-refractivity contribution is 0.414. The number of ether oxygens (including phenoxy) is 1. The Morgan fingerprint density at radius 3 is 2.42 bits per heavy atom. The quantitative estimate of drug-likeness (QED) is 0.890. The van der Waals surface area contributed by atoms with Crippen LogP contribution >= 0.6 is 15.9 Å². The topological polar surface area (TPSA) is 84.1 Å². The number of halogens is 1. The molecule has 0 aliphatic heterocycles. The summed E-state index contributed by atoms with van der Waals surface area (Å²) in [5.74, 6) is 0.823. The third kappa shape index (κ3) is 2.90. The molecule has 8 heteroatoms. The monoisotopic (exact) mass is 345 g/mol. The van der Waals surface area contributed by atoms with Crippen molar-refractivity contribution in [3.63, 3.8) is 0 Å². The van der Waals surface area contributed by atoms with E-state index in [1.165, 1.54) is 19.2 Å². The van der Waals surface area contributed by atoms with Crippen LogP contribution in [0.15, 0.2) is 33.6 Å². The van der Waals surface area contributed by atoms with Crippen molar-refractivity contribution in [3.05, 3.63) is 34.4 Å². The number of methoxy groups -OCH3 is 1. The van der Waals surface area contributed by atoms with Gasteiger partial charge in [0.15, 0.2) is 5.82 Å². The van der Waals surface area contributed by atoms with Crippen LogP contribution in [-0.4, -0.2) is 25.7 Å². The first-order valence-electron chi connectivity index (χ1n) is 5.31. The lowest BCUT2D eigenvalue weighted by Crippen LogP contribution is -2.13. The summed E-state index contributed by atoms with van der Waals surface area (Å²) >= 11 is 3.26. The fourth-order valence-corrected chi connectivity index (χ4v) is 2.85. The molecule has 0 fully saturated rings. The van der Waals surface area contributed by atoms with Gasteiger partial charge in [0, 0.05) is 5.69 Å². The highest BCUT2D eigenvalue weighted by molar-refractivity contribution is 9.10. The number of benzene rings is 1. The lowest BCUT2D eigenvalue weighted by atomic mass is 10.3. The Morgan fingerprint density at radius 1 is 1.32 bits per heavy atom. The lowest BCUT2D eigenvalue weighted by Gasteiger charge is -2.06. The summed E-state index contributed by atoms with van der Waals surface area (Å²) in [5.41, 5.74) is 0.743. The van der Waals surface area contributed by atoms with Crippen LogP contribution in [0.2, 0.25) is 0 Å². The van der Waals surface area contributed by atoms with E-state index in [1.54, 1.807) is 19.1 Å². The van der Waals surface area contributed by atoms with Gasteiger partial charge in [0.1, 0.15) is 5.75 Å². The van der Waals surface area contributed by atoms with Crippen molar-refractivity contribution >= 4 is 31.8 Å². The Labute approximate surface area is 119 Å².